The number of aliphatic hydroxyl groups is 1. The molecule has 1 aliphatic heterocycles. The highest BCUT2D eigenvalue weighted by Gasteiger charge is 2.44. The minimum atomic E-state index is -1.07. The van der Waals surface area contributed by atoms with Crippen molar-refractivity contribution in [2.75, 3.05) is 54.6 Å². The van der Waals surface area contributed by atoms with Gasteiger partial charge < -0.3 is 76.9 Å². The third kappa shape index (κ3) is 25.7. The number of nitrogens with one attached hydrogen (secondary N) is 7. The molecule has 94 heavy (non-hydrogen) atoms. The van der Waals surface area contributed by atoms with Crippen LogP contribution in [-0.4, -0.2) is 195 Å². The van der Waals surface area contributed by atoms with Gasteiger partial charge in [-0.3, -0.25) is 43.3 Å². The van der Waals surface area contributed by atoms with Crippen LogP contribution in [0.3, 0.4) is 0 Å². The van der Waals surface area contributed by atoms with Crippen molar-refractivity contribution in [3.63, 3.8) is 0 Å². The van der Waals surface area contributed by atoms with E-state index in [1.165, 1.54) is 26.2 Å². The Balaban J connectivity index is 1.67. The van der Waals surface area contributed by atoms with Gasteiger partial charge in [0.2, 0.25) is 47.3 Å². The smallest absolute Gasteiger partial charge is 0.410 e. The zero-order valence-corrected chi connectivity index (χ0v) is 58.1. The summed E-state index contributed by atoms with van der Waals surface area (Å²) < 4.78 is 17.8. The Morgan fingerprint density at radius 2 is 1.39 bits per heavy atom. The molecule has 528 valence electrons. The minimum Gasteiger partial charge on any atom is -0.445 e. The number of urea groups is 1. The van der Waals surface area contributed by atoms with Crippen LogP contribution in [0.25, 0.3) is 0 Å². The highest BCUT2D eigenvalue weighted by atomic mass is 16.6. The first-order valence-corrected chi connectivity index (χ1v) is 33.4. The van der Waals surface area contributed by atoms with E-state index in [4.69, 9.17) is 19.9 Å². The molecule has 2 aliphatic rings. The number of carbonyl (C=O) groups excluding carboxylic acids is 11. The fourth-order valence-corrected chi connectivity index (χ4v) is 12.0. The van der Waals surface area contributed by atoms with Crippen molar-refractivity contribution < 1.29 is 72.1 Å². The van der Waals surface area contributed by atoms with Gasteiger partial charge in [-0.25, -0.2) is 9.59 Å². The van der Waals surface area contributed by atoms with Gasteiger partial charge in [-0.1, -0.05) is 112 Å². The molecular formula is C68H111N11O15. The number of rotatable bonds is 41. The molecule has 1 aromatic carbocycles. The quantitative estimate of drug-likeness (QED) is 0.0313. The predicted octanol–water partition coefficient (Wildman–Crippen LogP) is 4.83. The lowest BCUT2D eigenvalue weighted by Crippen LogP contribution is -2.60. The molecule has 12 atom stereocenters. The third-order valence-corrected chi connectivity index (χ3v) is 17.7. The number of likely N-dealkylation sites (tertiary alicyclic amines) is 1. The molecule has 0 saturated carbocycles. The number of nitrogens with two attached hydrogens (primary N) is 1. The van der Waals surface area contributed by atoms with Crippen LogP contribution in [-0.2, 0) is 57.4 Å². The van der Waals surface area contributed by atoms with Gasteiger partial charge in [0.25, 0.3) is 0 Å². The second kappa shape index (κ2) is 41.4. The van der Waals surface area contributed by atoms with Gasteiger partial charge >= 0.3 is 12.1 Å². The molecule has 0 bridgehead atoms. The first-order chi connectivity index (χ1) is 44.5. The fourth-order valence-electron chi connectivity index (χ4n) is 12.0. The van der Waals surface area contributed by atoms with Gasteiger partial charge in [-0.05, 0) is 99.2 Å². The Kier molecular flexibility index (Phi) is 35.6. The van der Waals surface area contributed by atoms with Gasteiger partial charge in [0.05, 0.1) is 48.8 Å². The molecule has 26 heteroatoms. The molecular weight excluding hydrogens is 1210 g/mol. The second-order valence-electron chi connectivity index (χ2n) is 26.0. The van der Waals surface area contributed by atoms with E-state index in [1.807, 2.05) is 32.0 Å². The first kappa shape index (κ1) is 80.8. The van der Waals surface area contributed by atoms with E-state index >= 15 is 0 Å². The Hall–Kier alpha value is -7.45. The number of nitrogens with zero attached hydrogens (tertiary/aromatic N) is 3. The maximum Gasteiger partial charge on any atom is 0.410 e. The van der Waals surface area contributed by atoms with E-state index in [0.717, 1.165) is 0 Å². The molecule has 8 unspecified atom stereocenters. The number of hydrogen-bond donors (Lipinski definition) is 9. The van der Waals surface area contributed by atoms with Crippen molar-refractivity contribution in [3.8, 4) is 0 Å². The van der Waals surface area contributed by atoms with Crippen LogP contribution in [0.1, 0.15) is 171 Å². The lowest BCUT2D eigenvalue weighted by Gasteiger charge is -2.41. The van der Waals surface area contributed by atoms with Crippen LogP contribution in [0.15, 0.2) is 53.8 Å². The molecule has 26 nitrogen and oxygen atoms in total. The molecule has 1 fully saturated rings. The number of primary amides is 1. The maximum absolute atomic E-state index is 14.8. The average Bonchev–Trinajstić information content (AvgIpc) is 1.40. The maximum atomic E-state index is 14.8. The number of benzene rings is 1. The van der Waals surface area contributed by atoms with Crippen LogP contribution < -0.4 is 43.0 Å². The zero-order valence-electron chi connectivity index (χ0n) is 58.1. The van der Waals surface area contributed by atoms with Crippen molar-refractivity contribution in [2.45, 2.75) is 220 Å². The Bertz CT molecular complexity index is 2710. The molecule has 0 aromatic heterocycles. The molecule has 10 N–H and O–H groups in total. The summed E-state index contributed by atoms with van der Waals surface area (Å²) in [6.45, 7) is 19.0. The summed E-state index contributed by atoms with van der Waals surface area (Å²) in [4.78, 5) is 150. The van der Waals surface area contributed by atoms with Crippen molar-refractivity contribution in [1.82, 2.24) is 51.9 Å². The molecule has 1 heterocycles. The van der Waals surface area contributed by atoms with Crippen LogP contribution in [0.4, 0.5) is 9.59 Å². The van der Waals surface area contributed by atoms with E-state index in [0.29, 0.717) is 87.6 Å². The van der Waals surface area contributed by atoms with Crippen LogP contribution in [0, 0.1) is 29.6 Å². The SMILES string of the molecule is CCC(C)C(C(CC(=O)N1CCC[C@H]1C(OC)C(C)C(=O)NC(C)C(O)c1ccccc1)OC)N(C)C(=O)[C@@H](NC(=O)[C@H](C(C)C)N(C)C(=O)OCC1=CC=C(NC(=O)[C@H](CCCNC(N)=O)NC(=O)C(NC(=O)CCCCCNC(=O)CCC=O)C(C)C)CC1)C(C)C. The number of unbranched alkanes of at least 4 members (excludes halogenated alkanes) is 2. The first-order valence-electron chi connectivity index (χ1n) is 33.4. The lowest BCUT2D eigenvalue weighted by molar-refractivity contribution is -0.148. The van der Waals surface area contributed by atoms with E-state index in [2.05, 4.69) is 37.2 Å². The van der Waals surface area contributed by atoms with E-state index in [-0.39, 0.29) is 87.1 Å². The van der Waals surface area contributed by atoms with Crippen molar-refractivity contribution in [1.29, 1.82) is 0 Å². The monoisotopic (exact) mass is 1320 g/mol. The molecule has 0 radical (unpaired) electrons. The number of methoxy groups -OCH3 is 2. The number of aliphatic hydroxyl groups excluding tert-OH is 1. The lowest BCUT2D eigenvalue weighted by atomic mass is 9.89. The standard InChI is InChI=1S/C68H111N11O15/c1-15-44(8)59(52(92-13)39-55(83)79-37-23-28-51(79)61(93-14)45(9)62(85)72-46(10)60(84)48-25-18-16-19-26-48)77(11)66(89)57(42(4)5)76-65(88)58(43(6)7)78(12)68(91)94-40-47-31-33-49(34-32-47)73-63(86)50(27-22-36-71-67(69)90)74-64(87)56(41(2)3)75-54(82)29-20-17-21-35-70-53(81)30-24-38-80/h16,18-19,25-26,31,33,38,41-46,50-52,56-61,84H,15,17,20-24,27-30,32,34-37,39-40H2,1-14H3,(H,70,81)(H,72,85)(H,73,86)(H,74,87)(H,75,82)(H,76,88)(H3,69,71,90)/t44?,45?,46?,50-,51-,52?,56?,57-,58-,59?,60?,61?/m0/s1. The van der Waals surface area contributed by atoms with E-state index in [9.17, 15) is 57.8 Å². The zero-order chi connectivity index (χ0) is 70.4. The van der Waals surface area contributed by atoms with Gasteiger partial charge in [0.1, 0.15) is 37.1 Å². The summed E-state index contributed by atoms with van der Waals surface area (Å²) in [7, 11) is 6.11. The second-order valence-corrected chi connectivity index (χ2v) is 26.0. The van der Waals surface area contributed by atoms with Crippen LogP contribution in [0.2, 0.25) is 0 Å². The Morgan fingerprint density at radius 1 is 0.723 bits per heavy atom. The number of likely N-dealkylation sites (N-methyl/N-ethyl adjacent to an activating group) is 2. The Morgan fingerprint density at radius 3 is 1.98 bits per heavy atom. The van der Waals surface area contributed by atoms with Crippen molar-refractivity contribution in [2.24, 2.45) is 35.3 Å². The van der Waals surface area contributed by atoms with Gasteiger partial charge in [-0.2, -0.15) is 0 Å². The number of carbonyl (C=O) groups is 11. The molecule has 0 spiro atoms. The number of allylic oxidation sites excluding steroid dienone is 3. The molecule has 11 amide bonds. The van der Waals surface area contributed by atoms with Crippen LogP contribution in [0.5, 0.6) is 0 Å². The fraction of sp³-hybridized carbons (Fsp3) is 0.691. The van der Waals surface area contributed by atoms with E-state index in [1.54, 1.807) is 96.5 Å². The number of hydrogen-bond acceptors (Lipinski definition) is 15. The third-order valence-electron chi connectivity index (χ3n) is 17.7. The Labute approximate surface area is 556 Å². The van der Waals surface area contributed by atoms with Crippen molar-refractivity contribution >= 4 is 65.7 Å². The highest BCUT2D eigenvalue weighted by molar-refractivity contribution is 5.93. The summed E-state index contributed by atoms with van der Waals surface area (Å²) in [6.07, 6.45) is 6.00. The summed E-state index contributed by atoms with van der Waals surface area (Å²) >= 11 is 0. The minimum absolute atomic E-state index is 0.0873. The summed E-state index contributed by atoms with van der Waals surface area (Å²) in [6, 6.07) is 2.50. The average molecular weight is 1320 g/mol. The molecule has 1 aromatic rings. The summed E-state index contributed by atoms with van der Waals surface area (Å²) in [5.41, 5.74) is 7.15. The molecule has 3 rings (SSSR count). The predicted molar refractivity (Wildman–Crippen MR) is 355 cm³/mol. The van der Waals surface area contributed by atoms with Gasteiger partial charge in [0.15, 0.2) is 0 Å². The van der Waals surface area contributed by atoms with Gasteiger partial charge in [0, 0.05) is 72.9 Å². The highest BCUT2D eigenvalue weighted by Crippen LogP contribution is 2.31. The largest absolute Gasteiger partial charge is 0.445 e. The van der Waals surface area contributed by atoms with E-state index < -0.39 is 114 Å². The van der Waals surface area contributed by atoms with Crippen LogP contribution >= 0.6 is 0 Å². The normalized spacial score (nSPS) is 17.4. The van der Waals surface area contributed by atoms with Gasteiger partial charge in [-0.15, -0.1) is 0 Å². The van der Waals surface area contributed by atoms with Crippen molar-refractivity contribution in [3.05, 3.63) is 59.3 Å². The summed E-state index contributed by atoms with van der Waals surface area (Å²) in [5.74, 6) is -5.27. The number of aldehydes is 1. The number of ether oxygens (including phenoxy) is 3. The topological polar surface area (TPSA) is 356 Å². The summed E-state index contributed by atoms with van der Waals surface area (Å²) in [5, 5.41) is 30.5. The number of amides is 11. The molecule has 1 saturated heterocycles. The molecule has 1 aliphatic carbocycles.